The van der Waals surface area contributed by atoms with E-state index in [-0.39, 0.29) is 19.4 Å². The Kier molecular flexibility index (Phi) is 12.2. The third-order valence-electron chi connectivity index (χ3n) is 6.68. The quantitative estimate of drug-likeness (QED) is 0.292. The largest absolute Gasteiger partial charge is 0.444 e. The molecule has 2 atom stereocenters. The number of alkyl carbamates (subject to hydrolysis) is 1. The maximum absolute atomic E-state index is 14.3. The monoisotopic (exact) mass is 586 g/mol. The van der Waals surface area contributed by atoms with Crippen molar-refractivity contribution in [3.63, 3.8) is 0 Å². The lowest BCUT2D eigenvalue weighted by Gasteiger charge is -2.35. The molecule has 0 spiro atoms. The second-order valence-electron chi connectivity index (χ2n) is 11.2. The summed E-state index contributed by atoms with van der Waals surface area (Å²) >= 11 is 6.44. The van der Waals surface area contributed by atoms with Gasteiger partial charge in [0.1, 0.15) is 17.7 Å². The average Bonchev–Trinajstić information content (AvgIpc) is 2.87. The molecule has 4 N–H and O–H groups in total. The average molecular weight is 587 g/mol. The van der Waals surface area contributed by atoms with Crippen molar-refractivity contribution in [3.8, 4) is 0 Å². The first kappa shape index (κ1) is 33.6. The van der Waals surface area contributed by atoms with Gasteiger partial charge in [0.05, 0.1) is 10.7 Å². The Morgan fingerprint density at radius 1 is 1.02 bits per heavy atom. The van der Waals surface area contributed by atoms with Gasteiger partial charge in [0.2, 0.25) is 11.8 Å². The number of primary amides is 1. The number of para-hydroxylation sites is 1. The third kappa shape index (κ3) is 9.78. The second-order valence-corrected chi connectivity index (χ2v) is 11.6. The molecule has 0 saturated heterocycles. The van der Waals surface area contributed by atoms with Crippen molar-refractivity contribution in [2.45, 2.75) is 91.8 Å². The molecule has 0 radical (unpaired) electrons. The van der Waals surface area contributed by atoms with Crippen LogP contribution in [0.4, 0.5) is 10.5 Å². The van der Waals surface area contributed by atoms with Crippen molar-refractivity contribution in [3.05, 3.63) is 63.7 Å². The smallest absolute Gasteiger partial charge is 0.408 e. The molecule has 2 unspecified atom stereocenters. The predicted molar refractivity (Wildman–Crippen MR) is 162 cm³/mol. The normalized spacial score (nSPS) is 12.7. The van der Waals surface area contributed by atoms with Crippen LogP contribution in [0, 0.1) is 20.8 Å². The predicted octanol–water partition coefficient (Wildman–Crippen LogP) is 5.73. The van der Waals surface area contributed by atoms with Crippen molar-refractivity contribution in [1.82, 2.24) is 10.2 Å². The summed E-state index contributed by atoms with van der Waals surface area (Å²) in [6, 6.07) is 8.68. The highest BCUT2D eigenvalue weighted by atomic mass is 35.5. The Balaban J connectivity index is 2.64. The lowest BCUT2D eigenvalue weighted by molar-refractivity contribution is -0.141. The van der Waals surface area contributed by atoms with Crippen LogP contribution in [0.2, 0.25) is 5.02 Å². The highest BCUT2D eigenvalue weighted by molar-refractivity contribution is 6.34. The maximum Gasteiger partial charge on any atom is 0.408 e. The summed E-state index contributed by atoms with van der Waals surface area (Å²) in [4.78, 5) is 54.3. The Morgan fingerprint density at radius 3 is 2.24 bits per heavy atom. The number of nitrogens with two attached hydrogens (primary N) is 1. The number of unbranched alkanes of at least 4 members (excludes halogenated alkanes) is 1. The summed E-state index contributed by atoms with van der Waals surface area (Å²) in [5, 5.41) is 5.93. The van der Waals surface area contributed by atoms with E-state index in [9.17, 15) is 19.2 Å². The summed E-state index contributed by atoms with van der Waals surface area (Å²) in [5.74, 6) is -1.60. The number of ether oxygens (including phenoxy) is 1. The van der Waals surface area contributed by atoms with E-state index in [2.05, 4.69) is 10.6 Å². The van der Waals surface area contributed by atoms with Crippen molar-refractivity contribution in [2.75, 3.05) is 11.9 Å². The molecule has 10 heteroatoms. The standard InChI is InChI=1S/C31H43ClN4O5/c1-8-9-18-36(29(39)24(16-17-25(33)37)34-30(40)41-31(5,6)7)27(22-14-10-12-19(2)21(22)4)28(38)35-26-20(3)13-11-15-23(26)32/h10-15,24,27H,8-9,16-18H2,1-7H3,(H2,33,37)(H,34,40)(H,35,38). The van der Waals surface area contributed by atoms with Gasteiger partial charge in [0.25, 0.3) is 5.91 Å². The minimum Gasteiger partial charge on any atom is -0.444 e. The van der Waals surface area contributed by atoms with Gasteiger partial charge in [0.15, 0.2) is 0 Å². The number of halogens is 1. The van der Waals surface area contributed by atoms with Crippen LogP contribution in [0.3, 0.4) is 0 Å². The van der Waals surface area contributed by atoms with Gasteiger partial charge >= 0.3 is 6.09 Å². The minimum atomic E-state index is -1.16. The number of anilines is 1. The van der Waals surface area contributed by atoms with E-state index < -0.39 is 41.5 Å². The van der Waals surface area contributed by atoms with Gasteiger partial charge in [-0.2, -0.15) is 0 Å². The Hall–Kier alpha value is -3.59. The van der Waals surface area contributed by atoms with E-state index in [4.69, 9.17) is 22.1 Å². The van der Waals surface area contributed by atoms with E-state index in [1.54, 1.807) is 32.9 Å². The molecule has 0 fully saturated rings. The molecule has 0 aliphatic carbocycles. The van der Waals surface area contributed by atoms with Crippen LogP contribution in [0.5, 0.6) is 0 Å². The number of nitrogens with zero attached hydrogens (tertiary/aromatic N) is 1. The molecular formula is C31H43ClN4O5. The lowest BCUT2D eigenvalue weighted by Crippen LogP contribution is -2.53. The van der Waals surface area contributed by atoms with Crippen molar-refractivity contribution in [2.24, 2.45) is 5.73 Å². The van der Waals surface area contributed by atoms with Gasteiger partial charge in [-0.1, -0.05) is 55.3 Å². The van der Waals surface area contributed by atoms with Crippen LogP contribution >= 0.6 is 11.6 Å². The third-order valence-corrected chi connectivity index (χ3v) is 6.99. The Morgan fingerprint density at radius 2 is 1.66 bits per heavy atom. The summed E-state index contributed by atoms with van der Waals surface area (Å²) < 4.78 is 5.39. The molecule has 0 aliphatic heterocycles. The van der Waals surface area contributed by atoms with Gasteiger partial charge in [0, 0.05) is 13.0 Å². The summed E-state index contributed by atoms with van der Waals surface area (Å²) in [6.07, 6.45) is 0.337. The fourth-order valence-electron chi connectivity index (χ4n) is 4.39. The summed E-state index contributed by atoms with van der Waals surface area (Å²) in [6.45, 7) is 13.0. The number of hydrogen-bond acceptors (Lipinski definition) is 5. The van der Waals surface area contributed by atoms with E-state index >= 15 is 0 Å². The second kappa shape index (κ2) is 14.9. The van der Waals surface area contributed by atoms with Gasteiger partial charge in [-0.05, 0) is 82.7 Å². The minimum absolute atomic E-state index is 0.0548. The highest BCUT2D eigenvalue weighted by Gasteiger charge is 2.37. The Labute approximate surface area is 248 Å². The molecule has 224 valence electrons. The van der Waals surface area contributed by atoms with Gasteiger partial charge < -0.3 is 26.0 Å². The number of amides is 4. The maximum atomic E-state index is 14.3. The molecule has 0 saturated carbocycles. The highest BCUT2D eigenvalue weighted by Crippen LogP contribution is 2.32. The zero-order valence-corrected chi connectivity index (χ0v) is 25.9. The number of hydrogen-bond donors (Lipinski definition) is 3. The molecular weight excluding hydrogens is 544 g/mol. The topological polar surface area (TPSA) is 131 Å². The van der Waals surface area contributed by atoms with Crippen LogP contribution in [-0.4, -0.2) is 46.9 Å². The Bertz CT molecular complexity index is 1240. The SMILES string of the molecule is CCCCN(C(=O)C(CCC(N)=O)NC(=O)OC(C)(C)C)C(C(=O)Nc1c(C)cccc1Cl)c1cccc(C)c1C. The zero-order chi connectivity index (χ0) is 30.9. The molecule has 41 heavy (non-hydrogen) atoms. The molecule has 4 amide bonds. The zero-order valence-electron chi connectivity index (χ0n) is 25.1. The molecule has 2 aromatic carbocycles. The number of carbonyl (C=O) groups is 4. The molecule has 0 aliphatic rings. The number of rotatable bonds is 12. The molecule has 0 heterocycles. The molecule has 0 aromatic heterocycles. The fourth-order valence-corrected chi connectivity index (χ4v) is 4.66. The number of benzene rings is 2. The summed E-state index contributed by atoms with van der Waals surface area (Å²) in [5.41, 5.74) is 8.25. The first-order valence-electron chi connectivity index (χ1n) is 13.9. The van der Waals surface area contributed by atoms with Crippen LogP contribution in [-0.2, 0) is 19.1 Å². The summed E-state index contributed by atoms with van der Waals surface area (Å²) in [7, 11) is 0. The van der Waals surface area contributed by atoms with E-state index in [0.717, 1.165) is 23.1 Å². The van der Waals surface area contributed by atoms with Crippen molar-refractivity contribution in [1.29, 1.82) is 0 Å². The fraction of sp³-hybridized carbons (Fsp3) is 0.484. The van der Waals surface area contributed by atoms with E-state index in [1.807, 2.05) is 52.0 Å². The van der Waals surface area contributed by atoms with Gasteiger partial charge in [-0.3, -0.25) is 14.4 Å². The van der Waals surface area contributed by atoms with Crippen LogP contribution < -0.4 is 16.4 Å². The van der Waals surface area contributed by atoms with Crippen molar-refractivity contribution < 1.29 is 23.9 Å². The van der Waals surface area contributed by atoms with E-state index in [0.29, 0.717) is 22.7 Å². The number of carbonyl (C=O) groups excluding carboxylic acids is 4. The number of aryl methyl sites for hydroxylation is 2. The van der Waals surface area contributed by atoms with Crippen LogP contribution in [0.15, 0.2) is 36.4 Å². The van der Waals surface area contributed by atoms with Crippen LogP contribution in [0.25, 0.3) is 0 Å². The van der Waals surface area contributed by atoms with Crippen LogP contribution in [0.1, 0.15) is 81.7 Å². The first-order chi connectivity index (χ1) is 19.2. The van der Waals surface area contributed by atoms with E-state index in [1.165, 1.54) is 4.90 Å². The van der Waals surface area contributed by atoms with Gasteiger partial charge in [-0.25, -0.2) is 4.79 Å². The van der Waals surface area contributed by atoms with Gasteiger partial charge in [-0.15, -0.1) is 0 Å². The lowest BCUT2D eigenvalue weighted by atomic mass is 9.94. The first-order valence-corrected chi connectivity index (χ1v) is 14.2. The number of nitrogens with one attached hydrogen (secondary N) is 2. The molecule has 2 rings (SSSR count). The molecule has 2 aromatic rings. The van der Waals surface area contributed by atoms with Crippen molar-refractivity contribution >= 4 is 41.1 Å². The molecule has 0 bridgehead atoms. The molecule has 9 nitrogen and oxygen atoms in total.